The highest BCUT2D eigenvalue weighted by Crippen LogP contribution is 2.23. The lowest BCUT2D eigenvalue weighted by molar-refractivity contribution is -0.139. The van der Waals surface area contributed by atoms with Crippen molar-refractivity contribution in [1.29, 1.82) is 0 Å². The van der Waals surface area contributed by atoms with E-state index in [0.29, 0.717) is 23.4 Å². The third-order valence-electron chi connectivity index (χ3n) is 4.36. The zero-order valence-corrected chi connectivity index (χ0v) is 16.1. The molecule has 0 saturated carbocycles. The largest absolute Gasteiger partial charge is 0.469 e. The number of methoxy groups -OCH3 is 1. The van der Waals surface area contributed by atoms with Crippen molar-refractivity contribution in [2.75, 3.05) is 24.7 Å². The lowest BCUT2D eigenvalue weighted by Gasteiger charge is -2.14. The van der Waals surface area contributed by atoms with Gasteiger partial charge in [0.25, 0.3) is 0 Å². The molecule has 3 N–H and O–H groups in total. The van der Waals surface area contributed by atoms with Crippen LogP contribution in [-0.2, 0) is 22.4 Å². The number of hydrogen-bond acceptors (Lipinski definition) is 6. The molecule has 1 aromatic carbocycles. The number of nitrogens with one attached hydrogen (secondary N) is 1. The van der Waals surface area contributed by atoms with E-state index in [0.717, 1.165) is 37.1 Å². The maximum absolute atomic E-state index is 14.5. The molecule has 0 aliphatic carbocycles. The molecule has 0 aliphatic heterocycles. The summed E-state index contributed by atoms with van der Waals surface area (Å²) in [5.41, 5.74) is 8.41. The number of halogens is 1. The first-order valence-electron chi connectivity index (χ1n) is 9.15. The van der Waals surface area contributed by atoms with Crippen LogP contribution >= 0.6 is 0 Å². The van der Waals surface area contributed by atoms with E-state index in [1.807, 2.05) is 6.92 Å². The van der Waals surface area contributed by atoms with E-state index in [9.17, 15) is 9.18 Å². The van der Waals surface area contributed by atoms with Crippen LogP contribution in [0.3, 0.4) is 0 Å². The van der Waals surface area contributed by atoms with Crippen LogP contribution in [-0.4, -0.2) is 29.6 Å². The zero-order chi connectivity index (χ0) is 19.8. The van der Waals surface area contributed by atoms with Crippen molar-refractivity contribution in [2.45, 2.75) is 46.0 Å². The summed E-state index contributed by atoms with van der Waals surface area (Å²) in [6.45, 7) is 4.76. The number of aromatic nitrogens is 2. The lowest BCUT2D eigenvalue weighted by atomic mass is 10.0. The monoisotopic (exact) mass is 374 g/mol. The van der Waals surface area contributed by atoms with Crippen LogP contribution in [0.5, 0.6) is 0 Å². The summed E-state index contributed by atoms with van der Waals surface area (Å²) in [4.78, 5) is 19.9. The van der Waals surface area contributed by atoms with Gasteiger partial charge in [-0.15, -0.1) is 0 Å². The molecular formula is C20H27FN4O2. The van der Waals surface area contributed by atoms with Crippen molar-refractivity contribution in [3.63, 3.8) is 0 Å². The van der Waals surface area contributed by atoms with Gasteiger partial charge in [0.1, 0.15) is 11.6 Å². The Morgan fingerprint density at radius 1 is 1.30 bits per heavy atom. The van der Waals surface area contributed by atoms with E-state index >= 15 is 0 Å². The summed E-state index contributed by atoms with van der Waals surface area (Å²) in [6.07, 6.45) is 3.66. The van der Waals surface area contributed by atoms with Gasteiger partial charge >= 0.3 is 5.97 Å². The Morgan fingerprint density at radius 3 is 2.74 bits per heavy atom. The van der Waals surface area contributed by atoms with Crippen molar-refractivity contribution in [3.05, 3.63) is 46.4 Å². The molecule has 0 amide bonds. The van der Waals surface area contributed by atoms with E-state index in [2.05, 4.69) is 26.9 Å². The number of carbonyl (C=O) groups is 1. The number of esters is 1. The Morgan fingerprint density at radius 2 is 2.07 bits per heavy atom. The predicted octanol–water partition coefficient (Wildman–Crippen LogP) is 3.41. The number of ether oxygens (including phenoxy) is 1. The maximum atomic E-state index is 14.5. The zero-order valence-electron chi connectivity index (χ0n) is 16.1. The number of carbonyl (C=O) groups excluding carboxylic acids is 1. The molecule has 0 fully saturated rings. The quantitative estimate of drug-likeness (QED) is 0.516. The van der Waals surface area contributed by atoms with Crippen LogP contribution in [0.25, 0.3) is 0 Å². The van der Waals surface area contributed by atoms with E-state index in [4.69, 9.17) is 5.73 Å². The normalized spacial score (nSPS) is 10.7. The van der Waals surface area contributed by atoms with Gasteiger partial charge in [0.15, 0.2) is 0 Å². The van der Waals surface area contributed by atoms with Gasteiger partial charge in [-0.2, -0.15) is 4.98 Å². The molecule has 1 aromatic heterocycles. The number of unbranched alkanes of at least 4 members (excludes halogenated alkanes) is 2. The molecule has 2 rings (SSSR count). The average Bonchev–Trinajstić information content (AvgIpc) is 2.62. The first kappa shape index (κ1) is 20.6. The third-order valence-corrected chi connectivity index (χ3v) is 4.36. The number of nitrogen functional groups attached to an aromatic ring is 1. The Hall–Kier alpha value is -2.70. The van der Waals surface area contributed by atoms with Gasteiger partial charge in [-0.05, 0) is 30.5 Å². The summed E-state index contributed by atoms with van der Waals surface area (Å²) in [5.74, 6) is 0.0744. The molecule has 0 saturated heterocycles. The van der Waals surface area contributed by atoms with Gasteiger partial charge in [0.05, 0.1) is 13.5 Å². The molecule has 0 aliphatic rings. The number of hydrogen-bond donors (Lipinski definition) is 2. The molecule has 0 bridgehead atoms. The fourth-order valence-corrected chi connectivity index (χ4v) is 2.83. The van der Waals surface area contributed by atoms with Crippen molar-refractivity contribution in [1.82, 2.24) is 9.97 Å². The standard InChI is InChI=1S/C20H27FN4O2/c1-4-5-6-9-23-19-16(13(2)24-20(22)25-19)12-15-8-7-14(10-17(15)21)11-18(26)27-3/h7-8,10H,4-6,9,11-12H2,1-3H3,(H3,22,23,24,25). The second-order valence-corrected chi connectivity index (χ2v) is 6.48. The first-order chi connectivity index (χ1) is 12.9. The molecule has 2 aromatic rings. The van der Waals surface area contributed by atoms with E-state index in [1.54, 1.807) is 12.1 Å². The van der Waals surface area contributed by atoms with Crippen molar-refractivity contribution in [2.24, 2.45) is 0 Å². The molecule has 6 nitrogen and oxygen atoms in total. The molecule has 146 valence electrons. The van der Waals surface area contributed by atoms with Crippen LogP contribution in [0.1, 0.15) is 48.6 Å². The summed E-state index contributed by atoms with van der Waals surface area (Å²) >= 11 is 0. The minimum absolute atomic E-state index is 0.0436. The highest BCUT2D eigenvalue weighted by atomic mass is 19.1. The Balaban J connectivity index is 2.21. The number of nitrogens with zero attached hydrogens (tertiary/aromatic N) is 2. The van der Waals surface area contributed by atoms with Gasteiger partial charge in [-0.1, -0.05) is 31.9 Å². The first-order valence-corrected chi connectivity index (χ1v) is 9.15. The lowest BCUT2D eigenvalue weighted by Crippen LogP contribution is -2.12. The predicted molar refractivity (Wildman–Crippen MR) is 104 cm³/mol. The number of anilines is 2. The van der Waals surface area contributed by atoms with Gasteiger partial charge in [0, 0.05) is 24.2 Å². The molecule has 0 atom stereocenters. The Bertz CT molecular complexity index is 796. The highest BCUT2D eigenvalue weighted by Gasteiger charge is 2.14. The molecule has 0 unspecified atom stereocenters. The van der Waals surface area contributed by atoms with Gasteiger partial charge in [-0.25, -0.2) is 9.37 Å². The maximum Gasteiger partial charge on any atom is 0.309 e. The summed E-state index contributed by atoms with van der Waals surface area (Å²) in [7, 11) is 1.31. The third kappa shape index (κ3) is 5.91. The molecular weight excluding hydrogens is 347 g/mol. The summed E-state index contributed by atoms with van der Waals surface area (Å²) in [6, 6.07) is 4.79. The van der Waals surface area contributed by atoms with Crippen molar-refractivity contribution < 1.29 is 13.9 Å². The summed E-state index contributed by atoms with van der Waals surface area (Å²) < 4.78 is 19.2. The number of benzene rings is 1. The molecule has 7 heteroatoms. The number of nitrogens with two attached hydrogens (primary N) is 1. The van der Waals surface area contributed by atoms with E-state index < -0.39 is 5.97 Å². The second kappa shape index (κ2) is 9.85. The van der Waals surface area contributed by atoms with E-state index in [-0.39, 0.29) is 18.2 Å². The smallest absolute Gasteiger partial charge is 0.309 e. The SMILES string of the molecule is CCCCCNc1nc(N)nc(C)c1Cc1ccc(CC(=O)OC)cc1F. The number of rotatable bonds is 9. The average molecular weight is 374 g/mol. The van der Waals surface area contributed by atoms with Crippen molar-refractivity contribution >= 4 is 17.7 Å². The second-order valence-electron chi connectivity index (χ2n) is 6.48. The van der Waals surface area contributed by atoms with Crippen LogP contribution in [0.15, 0.2) is 18.2 Å². The molecule has 27 heavy (non-hydrogen) atoms. The molecule has 1 heterocycles. The highest BCUT2D eigenvalue weighted by molar-refractivity contribution is 5.72. The van der Waals surface area contributed by atoms with Crippen molar-refractivity contribution in [3.8, 4) is 0 Å². The van der Waals surface area contributed by atoms with Crippen LogP contribution in [0.4, 0.5) is 16.2 Å². The Kier molecular flexibility index (Phi) is 7.52. The van der Waals surface area contributed by atoms with Crippen LogP contribution in [0.2, 0.25) is 0 Å². The molecule has 0 radical (unpaired) electrons. The fraction of sp³-hybridized carbons (Fsp3) is 0.450. The fourth-order valence-electron chi connectivity index (χ4n) is 2.83. The minimum atomic E-state index is -0.400. The van der Waals surface area contributed by atoms with Gasteiger partial charge in [-0.3, -0.25) is 4.79 Å². The minimum Gasteiger partial charge on any atom is -0.469 e. The topological polar surface area (TPSA) is 90.1 Å². The Labute approximate surface area is 159 Å². The van der Waals surface area contributed by atoms with Crippen LogP contribution < -0.4 is 11.1 Å². The van der Waals surface area contributed by atoms with E-state index in [1.165, 1.54) is 13.2 Å². The van der Waals surface area contributed by atoms with Gasteiger partial charge < -0.3 is 15.8 Å². The van der Waals surface area contributed by atoms with Crippen LogP contribution in [0, 0.1) is 12.7 Å². The van der Waals surface area contributed by atoms with Gasteiger partial charge in [0.2, 0.25) is 5.95 Å². The summed E-state index contributed by atoms with van der Waals surface area (Å²) in [5, 5.41) is 3.30. The number of aryl methyl sites for hydroxylation is 1. The molecule has 0 spiro atoms.